The van der Waals surface area contributed by atoms with Gasteiger partial charge in [-0.1, -0.05) is 13.8 Å². The van der Waals surface area contributed by atoms with Gasteiger partial charge < -0.3 is 25.4 Å². The van der Waals surface area contributed by atoms with E-state index in [9.17, 15) is 4.79 Å². The van der Waals surface area contributed by atoms with Crippen LogP contribution in [0.25, 0.3) is 0 Å². The maximum Gasteiger partial charge on any atom is 0.231 e. The van der Waals surface area contributed by atoms with Gasteiger partial charge in [-0.2, -0.15) is 0 Å². The molecule has 3 rings (SSSR count). The average molecular weight is 356 g/mol. The summed E-state index contributed by atoms with van der Waals surface area (Å²) in [6.07, 6.45) is 1.45. The molecule has 0 spiro atoms. The molecule has 0 aromatic heterocycles. The summed E-state index contributed by atoms with van der Waals surface area (Å²) < 4.78 is 10.6. The number of nitrogens with zero attached hydrogens (tertiary/aromatic N) is 1. The van der Waals surface area contributed by atoms with E-state index < -0.39 is 0 Å². The number of nitrogens with two attached hydrogens (primary N) is 1. The highest BCUT2D eigenvalue weighted by Gasteiger charge is 2.33. The lowest BCUT2D eigenvalue weighted by Crippen LogP contribution is -2.52. The minimum absolute atomic E-state index is 0. The first-order valence-corrected chi connectivity index (χ1v) is 8.11. The van der Waals surface area contributed by atoms with Crippen LogP contribution in [-0.4, -0.2) is 43.3 Å². The smallest absolute Gasteiger partial charge is 0.231 e. The molecule has 1 aromatic rings. The van der Waals surface area contributed by atoms with Gasteiger partial charge in [-0.05, 0) is 30.5 Å². The Morgan fingerprint density at radius 2 is 2.12 bits per heavy atom. The van der Waals surface area contributed by atoms with Crippen LogP contribution in [0.2, 0.25) is 0 Å². The normalized spacial score (nSPS) is 21.9. The fourth-order valence-electron chi connectivity index (χ4n) is 3.13. The van der Waals surface area contributed by atoms with Crippen molar-refractivity contribution in [2.75, 3.05) is 31.7 Å². The van der Waals surface area contributed by atoms with E-state index >= 15 is 0 Å². The predicted molar refractivity (Wildman–Crippen MR) is 95.9 cm³/mol. The van der Waals surface area contributed by atoms with Crippen molar-refractivity contribution in [3.05, 3.63) is 18.2 Å². The van der Waals surface area contributed by atoms with Gasteiger partial charge in [-0.15, -0.1) is 12.4 Å². The molecule has 0 radical (unpaired) electrons. The third-order valence-electron chi connectivity index (χ3n) is 4.70. The number of hydrogen-bond acceptors (Lipinski definition) is 5. The second-order valence-corrected chi connectivity index (χ2v) is 7.03. The van der Waals surface area contributed by atoms with Crippen LogP contribution in [0.3, 0.4) is 0 Å². The van der Waals surface area contributed by atoms with Crippen LogP contribution in [0, 0.1) is 5.41 Å². The lowest BCUT2D eigenvalue weighted by atomic mass is 9.80. The number of fused-ring (bicyclic) bond motifs is 1. The molecule has 7 heteroatoms. The zero-order valence-electron chi connectivity index (χ0n) is 14.2. The van der Waals surface area contributed by atoms with E-state index in [0.29, 0.717) is 12.2 Å². The number of piperidine rings is 1. The number of carbonyl (C=O) groups is 1. The minimum Gasteiger partial charge on any atom is -0.454 e. The van der Waals surface area contributed by atoms with Crippen molar-refractivity contribution in [2.45, 2.75) is 32.7 Å². The van der Waals surface area contributed by atoms with Gasteiger partial charge in [0.05, 0.1) is 0 Å². The van der Waals surface area contributed by atoms with Crippen molar-refractivity contribution < 1.29 is 14.3 Å². The fraction of sp³-hybridized carbons (Fsp3) is 0.588. The summed E-state index contributed by atoms with van der Waals surface area (Å²) in [6.45, 7) is 7.27. The summed E-state index contributed by atoms with van der Waals surface area (Å²) in [5.41, 5.74) is 6.99. The number of ether oxygens (including phenoxy) is 2. The molecule has 0 saturated carbocycles. The summed E-state index contributed by atoms with van der Waals surface area (Å²) >= 11 is 0. The summed E-state index contributed by atoms with van der Waals surface area (Å²) in [5.74, 6) is 1.40. The zero-order valence-corrected chi connectivity index (χ0v) is 15.0. The molecule has 3 N–H and O–H groups in total. The van der Waals surface area contributed by atoms with Gasteiger partial charge in [0.1, 0.15) is 0 Å². The predicted octanol–water partition coefficient (Wildman–Crippen LogP) is 2.22. The van der Waals surface area contributed by atoms with Crippen molar-refractivity contribution in [1.29, 1.82) is 0 Å². The molecule has 1 saturated heterocycles. The number of rotatable bonds is 4. The van der Waals surface area contributed by atoms with E-state index in [1.807, 2.05) is 12.1 Å². The van der Waals surface area contributed by atoms with E-state index in [0.717, 1.165) is 37.5 Å². The van der Waals surface area contributed by atoms with E-state index in [2.05, 4.69) is 24.1 Å². The first-order valence-electron chi connectivity index (χ1n) is 8.11. The quantitative estimate of drug-likeness (QED) is 0.866. The Labute approximate surface area is 149 Å². The van der Waals surface area contributed by atoms with Crippen LogP contribution in [0.4, 0.5) is 5.69 Å². The number of hydrogen-bond donors (Lipinski definition) is 2. The van der Waals surface area contributed by atoms with Crippen molar-refractivity contribution in [3.63, 3.8) is 0 Å². The number of anilines is 1. The van der Waals surface area contributed by atoms with E-state index in [1.54, 1.807) is 6.07 Å². The highest BCUT2D eigenvalue weighted by Crippen LogP contribution is 2.34. The molecule has 134 valence electrons. The molecule has 6 nitrogen and oxygen atoms in total. The van der Waals surface area contributed by atoms with Crippen molar-refractivity contribution >= 4 is 24.0 Å². The minimum atomic E-state index is 0. The second-order valence-electron chi connectivity index (χ2n) is 7.03. The van der Waals surface area contributed by atoms with Crippen LogP contribution in [0.15, 0.2) is 18.2 Å². The Morgan fingerprint density at radius 3 is 2.88 bits per heavy atom. The molecule has 2 aliphatic rings. The van der Waals surface area contributed by atoms with Gasteiger partial charge in [0.25, 0.3) is 0 Å². The first kappa shape index (κ1) is 18.8. The van der Waals surface area contributed by atoms with Crippen molar-refractivity contribution in [1.82, 2.24) is 4.90 Å². The van der Waals surface area contributed by atoms with Gasteiger partial charge >= 0.3 is 0 Å². The number of likely N-dealkylation sites (tertiary alicyclic amines) is 1. The molecular formula is C17H26ClN3O3. The number of benzene rings is 1. The molecule has 1 amide bonds. The SMILES string of the molecule is CC1(C)CN(CCC(=O)Nc2ccc3c(c2)OCO3)CCC1N.Cl. The molecule has 1 atom stereocenters. The van der Waals surface area contributed by atoms with Crippen molar-refractivity contribution in [3.8, 4) is 11.5 Å². The highest BCUT2D eigenvalue weighted by molar-refractivity contribution is 5.91. The standard InChI is InChI=1S/C17H25N3O3.ClH/c1-17(2)10-20(7-5-15(17)18)8-6-16(21)19-12-3-4-13-14(9-12)23-11-22-13;/h3-4,9,15H,5-8,10-11,18H2,1-2H3,(H,19,21);1H. The molecule has 0 aliphatic carbocycles. The van der Waals surface area contributed by atoms with Crippen LogP contribution in [0.1, 0.15) is 26.7 Å². The number of amides is 1. The monoisotopic (exact) mass is 355 g/mol. The lowest BCUT2D eigenvalue weighted by Gasteiger charge is -2.42. The zero-order chi connectivity index (χ0) is 16.4. The first-order chi connectivity index (χ1) is 10.9. The summed E-state index contributed by atoms with van der Waals surface area (Å²) in [4.78, 5) is 14.5. The van der Waals surface area contributed by atoms with E-state index in [4.69, 9.17) is 15.2 Å². The van der Waals surface area contributed by atoms with Crippen LogP contribution < -0.4 is 20.5 Å². The Bertz CT molecular complexity index is 594. The maximum absolute atomic E-state index is 12.1. The molecule has 24 heavy (non-hydrogen) atoms. The number of halogens is 1. The molecular weight excluding hydrogens is 330 g/mol. The second kappa shape index (κ2) is 7.59. The fourth-order valence-corrected chi connectivity index (χ4v) is 3.13. The Hall–Kier alpha value is -1.50. The molecule has 0 bridgehead atoms. The highest BCUT2D eigenvalue weighted by atomic mass is 35.5. The van der Waals surface area contributed by atoms with Gasteiger partial charge in [0.2, 0.25) is 12.7 Å². The van der Waals surface area contributed by atoms with Crippen molar-refractivity contribution in [2.24, 2.45) is 11.1 Å². The largest absolute Gasteiger partial charge is 0.454 e. The Kier molecular flexibility index (Phi) is 5.96. The number of carbonyl (C=O) groups excluding carboxylic acids is 1. The van der Waals surface area contributed by atoms with Gasteiger partial charge in [-0.25, -0.2) is 0 Å². The van der Waals surface area contributed by atoms with Crippen LogP contribution in [-0.2, 0) is 4.79 Å². The molecule has 1 fully saturated rings. The van der Waals surface area contributed by atoms with Gasteiger partial charge in [0, 0.05) is 37.3 Å². The van der Waals surface area contributed by atoms with E-state index in [1.165, 1.54) is 0 Å². The molecule has 2 aliphatic heterocycles. The summed E-state index contributed by atoms with van der Waals surface area (Å²) in [5, 5.41) is 2.91. The third-order valence-corrected chi connectivity index (χ3v) is 4.70. The molecule has 2 heterocycles. The van der Waals surface area contributed by atoms with Gasteiger partial charge in [-0.3, -0.25) is 4.79 Å². The van der Waals surface area contributed by atoms with E-state index in [-0.39, 0.29) is 36.6 Å². The third kappa shape index (κ3) is 4.32. The average Bonchev–Trinajstić information content (AvgIpc) is 2.96. The Morgan fingerprint density at radius 1 is 1.38 bits per heavy atom. The topological polar surface area (TPSA) is 76.8 Å². The number of nitrogens with one attached hydrogen (secondary N) is 1. The maximum atomic E-state index is 12.1. The van der Waals surface area contributed by atoms with Crippen LogP contribution in [0.5, 0.6) is 11.5 Å². The van der Waals surface area contributed by atoms with Gasteiger partial charge in [0.15, 0.2) is 11.5 Å². The molecule has 1 unspecified atom stereocenters. The summed E-state index contributed by atoms with van der Waals surface area (Å²) in [6, 6.07) is 5.67. The van der Waals surface area contributed by atoms with Crippen LogP contribution >= 0.6 is 12.4 Å². The lowest BCUT2D eigenvalue weighted by molar-refractivity contribution is -0.116. The summed E-state index contributed by atoms with van der Waals surface area (Å²) in [7, 11) is 0. The molecule has 1 aromatic carbocycles. The Balaban J connectivity index is 0.00000208.